The van der Waals surface area contributed by atoms with E-state index in [0.29, 0.717) is 5.82 Å². The minimum atomic E-state index is -0.0502. The van der Waals surface area contributed by atoms with Crippen LogP contribution in [-0.2, 0) is 19.9 Å². The Morgan fingerprint density at radius 3 is 3.16 bits per heavy atom. The van der Waals surface area contributed by atoms with Crippen LogP contribution in [0.3, 0.4) is 0 Å². The van der Waals surface area contributed by atoms with Gasteiger partial charge in [0, 0.05) is 24.2 Å². The number of fused-ring (bicyclic) bond motifs is 1. The van der Waals surface area contributed by atoms with Gasteiger partial charge in [-0.3, -0.25) is 9.48 Å². The quantitative estimate of drug-likeness (QED) is 0.916. The van der Waals surface area contributed by atoms with Crippen molar-refractivity contribution in [3.8, 4) is 0 Å². The van der Waals surface area contributed by atoms with Gasteiger partial charge in [0.2, 0.25) is 0 Å². The molecule has 0 fully saturated rings. The van der Waals surface area contributed by atoms with Crippen LogP contribution in [0.25, 0.3) is 0 Å². The van der Waals surface area contributed by atoms with E-state index < -0.39 is 0 Å². The van der Waals surface area contributed by atoms with E-state index >= 15 is 0 Å². The lowest BCUT2D eigenvalue weighted by Gasteiger charge is -2.16. The average molecular weight is 275 g/mol. The van der Waals surface area contributed by atoms with Crippen LogP contribution in [-0.4, -0.2) is 15.7 Å². The highest BCUT2D eigenvalue weighted by atomic mass is 32.1. The number of carbonyl (C=O) groups excluding carboxylic acids is 1. The van der Waals surface area contributed by atoms with Gasteiger partial charge in [0.15, 0.2) is 5.82 Å². The summed E-state index contributed by atoms with van der Waals surface area (Å²) in [5, 5.41) is 7.00. The molecule has 0 aromatic carbocycles. The standard InChI is InChI=1S/C14H17N3OS/c1-9-3-4-11-10(7-9)8-12(19-11)14(18)15-13-5-6-17(2)16-13/h5-6,8-9H,3-4,7H2,1-2H3,(H,15,16,18). The summed E-state index contributed by atoms with van der Waals surface area (Å²) in [5.41, 5.74) is 1.36. The number of aromatic nitrogens is 2. The van der Waals surface area contributed by atoms with Crippen LogP contribution in [0.15, 0.2) is 18.3 Å². The zero-order valence-corrected chi connectivity index (χ0v) is 12.0. The van der Waals surface area contributed by atoms with Crippen LogP contribution in [0.5, 0.6) is 0 Å². The van der Waals surface area contributed by atoms with Crippen molar-refractivity contribution in [1.82, 2.24) is 9.78 Å². The molecule has 1 unspecified atom stereocenters. The van der Waals surface area contributed by atoms with E-state index in [0.717, 1.165) is 23.6 Å². The second-order valence-corrected chi connectivity index (χ2v) is 6.37. The summed E-state index contributed by atoms with van der Waals surface area (Å²) in [6, 6.07) is 3.85. The molecule has 5 heteroatoms. The number of carbonyl (C=O) groups is 1. The first-order valence-corrected chi connectivity index (χ1v) is 7.36. The lowest BCUT2D eigenvalue weighted by Crippen LogP contribution is -2.11. The Morgan fingerprint density at radius 2 is 2.42 bits per heavy atom. The van der Waals surface area contributed by atoms with E-state index in [1.807, 2.05) is 19.3 Å². The summed E-state index contributed by atoms with van der Waals surface area (Å²) >= 11 is 1.62. The van der Waals surface area contributed by atoms with Gasteiger partial charge in [-0.1, -0.05) is 6.92 Å². The summed E-state index contributed by atoms with van der Waals surface area (Å²) in [6.45, 7) is 2.27. The average Bonchev–Trinajstić information content (AvgIpc) is 2.95. The van der Waals surface area contributed by atoms with Crippen LogP contribution in [0.4, 0.5) is 5.82 Å². The number of nitrogens with one attached hydrogen (secondary N) is 1. The van der Waals surface area contributed by atoms with E-state index in [-0.39, 0.29) is 5.91 Å². The summed E-state index contributed by atoms with van der Waals surface area (Å²) in [4.78, 5) is 14.3. The fraction of sp³-hybridized carbons (Fsp3) is 0.429. The van der Waals surface area contributed by atoms with Gasteiger partial charge in [0.25, 0.3) is 5.91 Å². The Hall–Kier alpha value is -1.62. The third kappa shape index (κ3) is 2.56. The normalized spacial score (nSPS) is 18.1. The zero-order valence-electron chi connectivity index (χ0n) is 11.1. The lowest BCUT2D eigenvalue weighted by atomic mass is 9.90. The van der Waals surface area contributed by atoms with Crippen LogP contribution >= 0.6 is 11.3 Å². The van der Waals surface area contributed by atoms with Crippen molar-refractivity contribution in [2.24, 2.45) is 13.0 Å². The molecule has 100 valence electrons. The smallest absolute Gasteiger partial charge is 0.266 e. The number of aryl methyl sites for hydroxylation is 2. The Morgan fingerprint density at radius 1 is 1.58 bits per heavy atom. The number of anilines is 1. The Balaban J connectivity index is 1.77. The molecule has 2 heterocycles. The number of hydrogen-bond acceptors (Lipinski definition) is 3. The maximum absolute atomic E-state index is 12.2. The fourth-order valence-corrected chi connectivity index (χ4v) is 3.58. The maximum Gasteiger partial charge on any atom is 0.266 e. The molecule has 0 aliphatic heterocycles. The number of hydrogen-bond donors (Lipinski definition) is 1. The molecule has 2 aromatic heterocycles. The molecular formula is C14H17N3OS. The molecule has 0 spiro atoms. The van der Waals surface area contributed by atoms with Gasteiger partial charge in [-0.15, -0.1) is 11.3 Å². The maximum atomic E-state index is 12.2. The van der Waals surface area contributed by atoms with E-state index in [9.17, 15) is 4.79 Å². The third-order valence-corrected chi connectivity index (χ3v) is 4.74. The van der Waals surface area contributed by atoms with Crippen LogP contribution < -0.4 is 5.32 Å². The van der Waals surface area contributed by atoms with Gasteiger partial charge in [0.05, 0.1) is 4.88 Å². The molecule has 4 nitrogen and oxygen atoms in total. The Labute approximate surface area is 116 Å². The van der Waals surface area contributed by atoms with E-state index in [1.165, 1.54) is 16.9 Å². The highest BCUT2D eigenvalue weighted by molar-refractivity contribution is 7.14. The van der Waals surface area contributed by atoms with Crippen molar-refractivity contribution in [1.29, 1.82) is 0 Å². The van der Waals surface area contributed by atoms with E-state index in [1.54, 1.807) is 22.1 Å². The molecule has 19 heavy (non-hydrogen) atoms. The topological polar surface area (TPSA) is 46.9 Å². The predicted molar refractivity (Wildman–Crippen MR) is 76.7 cm³/mol. The fourth-order valence-electron chi connectivity index (χ4n) is 2.48. The first kappa shape index (κ1) is 12.4. The molecule has 1 N–H and O–H groups in total. The Kier molecular flexibility index (Phi) is 3.14. The first-order chi connectivity index (χ1) is 9.11. The van der Waals surface area contributed by atoms with Crippen molar-refractivity contribution in [3.63, 3.8) is 0 Å². The molecule has 0 saturated heterocycles. The van der Waals surface area contributed by atoms with Gasteiger partial charge >= 0.3 is 0 Å². The molecule has 0 radical (unpaired) electrons. The highest BCUT2D eigenvalue weighted by Crippen LogP contribution is 2.32. The number of thiophene rings is 1. The van der Waals surface area contributed by atoms with E-state index in [2.05, 4.69) is 17.3 Å². The molecule has 1 amide bonds. The van der Waals surface area contributed by atoms with Crippen molar-refractivity contribution in [2.45, 2.75) is 26.2 Å². The van der Waals surface area contributed by atoms with Crippen molar-refractivity contribution in [3.05, 3.63) is 33.6 Å². The van der Waals surface area contributed by atoms with Crippen molar-refractivity contribution >= 4 is 23.1 Å². The largest absolute Gasteiger partial charge is 0.304 e. The highest BCUT2D eigenvalue weighted by Gasteiger charge is 2.20. The summed E-state index contributed by atoms with van der Waals surface area (Å²) < 4.78 is 1.68. The molecule has 1 aliphatic rings. The summed E-state index contributed by atoms with van der Waals surface area (Å²) in [6.07, 6.45) is 5.26. The minimum Gasteiger partial charge on any atom is -0.304 e. The van der Waals surface area contributed by atoms with Crippen LogP contribution in [0.2, 0.25) is 0 Å². The van der Waals surface area contributed by atoms with Crippen LogP contribution in [0, 0.1) is 5.92 Å². The second-order valence-electron chi connectivity index (χ2n) is 5.24. The lowest BCUT2D eigenvalue weighted by molar-refractivity contribution is 0.103. The Bertz CT molecular complexity index is 614. The SMILES string of the molecule is CC1CCc2sc(C(=O)Nc3ccn(C)n3)cc2C1. The number of amides is 1. The monoisotopic (exact) mass is 275 g/mol. The van der Waals surface area contributed by atoms with Crippen LogP contribution in [0.1, 0.15) is 33.5 Å². The third-order valence-electron chi connectivity index (χ3n) is 3.51. The molecule has 2 aromatic rings. The predicted octanol–water partition coefficient (Wildman–Crippen LogP) is 2.86. The number of rotatable bonds is 2. The van der Waals surface area contributed by atoms with Gasteiger partial charge in [-0.05, 0) is 36.8 Å². The molecular weight excluding hydrogens is 258 g/mol. The molecule has 0 saturated carbocycles. The number of nitrogens with zero attached hydrogens (tertiary/aromatic N) is 2. The zero-order chi connectivity index (χ0) is 13.4. The summed E-state index contributed by atoms with van der Waals surface area (Å²) in [5.74, 6) is 1.28. The van der Waals surface area contributed by atoms with Gasteiger partial charge in [-0.2, -0.15) is 5.10 Å². The molecule has 3 rings (SSSR count). The van der Waals surface area contributed by atoms with Crippen molar-refractivity contribution in [2.75, 3.05) is 5.32 Å². The first-order valence-electron chi connectivity index (χ1n) is 6.54. The van der Waals surface area contributed by atoms with E-state index in [4.69, 9.17) is 0 Å². The summed E-state index contributed by atoms with van der Waals surface area (Å²) in [7, 11) is 1.83. The van der Waals surface area contributed by atoms with Gasteiger partial charge < -0.3 is 5.32 Å². The minimum absolute atomic E-state index is 0.0502. The molecule has 1 aliphatic carbocycles. The second kappa shape index (κ2) is 4.81. The molecule has 1 atom stereocenters. The van der Waals surface area contributed by atoms with Crippen molar-refractivity contribution < 1.29 is 4.79 Å². The van der Waals surface area contributed by atoms with Gasteiger partial charge in [-0.25, -0.2) is 0 Å². The molecule has 0 bridgehead atoms. The van der Waals surface area contributed by atoms with Gasteiger partial charge in [0.1, 0.15) is 0 Å².